The van der Waals surface area contributed by atoms with Gasteiger partial charge in [-0.05, 0) is 18.8 Å². The highest BCUT2D eigenvalue weighted by Crippen LogP contribution is 2.40. The summed E-state index contributed by atoms with van der Waals surface area (Å²) in [4.78, 5) is 11.7. The summed E-state index contributed by atoms with van der Waals surface area (Å²) < 4.78 is 101. The van der Waals surface area contributed by atoms with Crippen LogP contribution < -0.4 is 0 Å². The lowest BCUT2D eigenvalue weighted by atomic mass is 9.90. The molecule has 4 nitrogen and oxygen atoms in total. The monoisotopic (exact) mass is 420 g/mol. The van der Waals surface area contributed by atoms with Crippen molar-refractivity contribution in [3.63, 3.8) is 0 Å². The van der Waals surface area contributed by atoms with Gasteiger partial charge in [0.1, 0.15) is 0 Å². The highest BCUT2D eigenvalue weighted by molar-refractivity contribution is 7.95. The fraction of sp³-hybridized carbons (Fsp3) is 0.923. The van der Waals surface area contributed by atoms with E-state index < -0.39 is 69.2 Å². The number of methoxy groups -OCH3 is 1. The molecule has 0 radical (unpaired) electrons. The normalized spacial score (nSPS) is 17.2. The van der Waals surface area contributed by atoms with E-state index in [1.54, 1.807) is 0 Å². The molecule has 0 rings (SSSR count). The summed E-state index contributed by atoms with van der Waals surface area (Å²) in [7, 11) is -4.19. The van der Waals surface area contributed by atoms with Crippen LogP contribution in [0.1, 0.15) is 33.1 Å². The summed E-state index contributed by atoms with van der Waals surface area (Å²) in [6.07, 6.45) is -13.2. The number of halogens is 7. The van der Waals surface area contributed by atoms with E-state index in [4.69, 9.17) is 11.6 Å². The lowest BCUT2D eigenvalue weighted by molar-refractivity contribution is -0.188. The SMILES string of the molecule is COC(=O)C(Cl)(CCC(C(C)C)C(F)(F)F)S(=O)(=O)CCC(F)(F)F. The number of ether oxygens (including phenoxy) is 1. The molecular formula is C13H19ClF6O4S. The molecule has 0 spiro atoms. The lowest BCUT2D eigenvalue weighted by Gasteiger charge is -2.29. The minimum Gasteiger partial charge on any atom is -0.467 e. The van der Waals surface area contributed by atoms with Crippen molar-refractivity contribution in [2.24, 2.45) is 11.8 Å². The van der Waals surface area contributed by atoms with Crippen LogP contribution >= 0.6 is 11.6 Å². The van der Waals surface area contributed by atoms with Crippen LogP contribution in [0.4, 0.5) is 26.3 Å². The van der Waals surface area contributed by atoms with Crippen molar-refractivity contribution in [2.75, 3.05) is 12.9 Å². The molecule has 150 valence electrons. The Bertz CT molecular complexity index is 558. The predicted octanol–water partition coefficient (Wildman–Crippen LogP) is 4.08. The van der Waals surface area contributed by atoms with E-state index in [0.29, 0.717) is 0 Å². The van der Waals surface area contributed by atoms with Gasteiger partial charge in [0.25, 0.3) is 0 Å². The second kappa shape index (κ2) is 8.32. The van der Waals surface area contributed by atoms with Crippen LogP contribution in [0.3, 0.4) is 0 Å². The predicted molar refractivity (Wildman–Crippen MR) is 78.7 cm³/mol. The molecular weight excluding hydrogens is 402 g/mol. The second-order valence-corrected chi connectivity index (χ2v) is 9.04. The molecule has 0 aliphatic heterocycles. The summed E-state index contributed by atoms with van der Waals surface area (Å²) >= 11 is 5.71. The summed E-state index contributed by atoms with van der Waals surface area (Å²) in [5, 5.41) is 0. The van der Waals surface area contributed by atoms with Gasteiger partial charge in [-0.3, -0.25) is 0 Å². The van der Waals surface area contributed by atoms with Crippen LogP contribution in [0.2, 0.25) is 0 Å². The average Bonchev–Trinajstić information content (AvgIpc) is 2.41. The van der Waals surface area contributed by atoms with Crippen LogP contribution in [0.5, 0.6) is 0 Å². The Morgan fingerprint density at radius 2 is 1.56 bits per heavy atom. The van der Waals surface area contributed by atoms with Crippen molar-refractivity contribution in [3.8, 4) is 0 Å². The maximum atomic E-state index is 13.0. The van der Waals surface area contributed by atoms with Crippen LogP contribution in [0.15, 0.2) is 0 Å². The third-order valence-electron chi connectivity index (χ3n) is 3.64. The molecule has 12 heteroatoms. The first-order chi connectivity index (χ1) is 11.0. The van der Waals surface area contributed by atoms with E-state index >= 15 is 0 Å². The molecule has 0 amide bonds. The molecule has 0 saturated heterocycles. The van der Waals surface area contributed by atoms with Gasteiger partial charge in [0.2, 0.25) is 4.21 Å². The van der Waals surface area contributed by atoms with E-state index in [2.05, 4.69) is 4.74 Å². The second-order valence-electron chi connectivity index (χ2n) is 5.83. The molecule has 0 N–H and O–H groups in total. The third-order valence-corrected chi connectivity index (χ3v) is 6.79. The van der Waals surface area contributed by atoms with E-state index in [9.17, 15) is 39.6 Å². The number of carbonyl (C=O) groups excluding carboxylic acids is 1. The van der Waals surface area contributed by atoms with Gasteiger partial charge in [-0.2, -0.15) is 26.3 Å². The number of rotatable bonds is 8. The van der Waals surface area contributed by atoms with Crippen LogP contribution in [0.25, 0.3) is 0 Å². The highest BCUT2D eigenvalue weighted by atomic mass is 35.5. The fourth-order valence-corrected chi connectivity index (χ4v) is 4.17. The lowest BCUT2D eigenvalue weighted by Crippen LogP contribution is -2.45. The maximum Gasteiger partial charge on any atom is 0.392 e. The van der Waals surface area contributed by atoms with Crippen LogP contribution in [0, 0.1) is 11.8 Å². The smallest absolute Gasteiger partial charge is 0.392 e. The topological polar surface area (TPSA) is 60.4 Å². The Hall–Kier alpha value is -0.710. The van der Waals surface area contributed by atoms with Crippen molar-refractivity contribution < 1.29 is 44.3 Å². The molecule has 2 unspecified atom stereocenters. The van der Waals surface area contributed by atoms with E-state index in [1.807, 2.05) is 0 Å². The summed E-state index contributed by atoms with van der Waals surface area (Å²) in [6, 6.07) is 0. The van der Waals surface area contributed by atoms with Gasteiger partial charge in [-0.1, -0.05) is 25.4 Å². The van der Waals surface area contributed by atoms with Gasteiger partial charge >= 0.3 is 18.3 Å². The first kappa shape index (κ1) is 24.3. The average molecular weight is 421 g/mol. The van der Waals surface area contributed by atoms with E-state index in [0.717, 1.165) is 7.11 Å². The Labute approximate surface area is 146 Å². The molecule has 2 atom stereocenters. The molecule has 0 heterocycles. The first-order valence-electron chi connectivity index (χ1n) is 7.11. The molecule has 0 aromatic heterocycles. The van der Waals surface area contributed by atoms with Crippen molar-refractivity contribution in [2.45, 2.75) is 49.7 Å². The maximum absolute atomic E-state index is 13.0. The number of esters is 1. The highest BCUT2D eigenvalue weighted by Gasteiger charge is 2.53. The van der Waals surface area contributed by atoms with Crippen molar-refractivity contribution in [3.05, 3.63) is 0 Å². The minimum atomic E-state index is -4.93. The molecule has 25 heavy (non-hydrogen) atoms. The summed E-state index contributed by atoms with van der Waals surface area (Å²) in [5.74, 6) is -6.07. The summed E-state index contributed by atoms with van der Waals surface area (Å²) in [6.45, 7) is 2.48. The molecule has 0 aliphatic rings. The van der Waals surface area contributed by atoms with Crippen molar-refractivity contribution >= 4 is 27.4 Å². The van der Waals surface area contributed by atoms with Crippen LogP contribution in [-0.4, -0.2) is 43.8 Å². The summed E-state index contributed by atoms with van der Waals surface area (Å²) in [5.41, 5.74) is 0. The molecule has 0 aromatic carbocycles. The molecule has 0 aromatic rings. The first-order valence-corrected chi connectivity index (χ1v) is 9.14. The Kier molecular flexibility index (Phi) is 8.09. The van der Waals surface area contributed by atoms with Crippen molar-refractivity contribution in [1.29, 1.82) is 0 Å². The third kappa shape index (κ3) is 6.84. The molecule has 0 bridgehead atoms. The Balaban J connectivity index is 5.58. The number of hydrogen-bond acceptors (Lipinski definition) is 4. The Morgan fingerprint density at radius 3 is 1.88 bits per heavy atom. The minimum absolute atomic E-state index is 0.739. The van der Waals surface area contributed by atoms with Gasteiger partial charge in [0.15, 0.2) is 9.84 Å². The number of alkyl halides is 7. The fourth-order valence-electron chi connectivity index (χ4n) is 2.16. The zero-order chi connectivity index (χ0) is 20.3. The van der Waals surface area contributed by atoms with Gasteiger partial charge < -0.3 is 4.74 Å². The molecule has 0 aliphatic carbocycles. The number of carbonyl (C=O) groups is 1. The largest absolute Gasteiger partial charge is 0.467 e. The van der Waals surface area contributed by atoms with Gasteiger partial charge in [-0.25, -0.2) is 13.2 Å². The molecule has 0 fully saturated rings. The van der Waals surface area contributed by atoms with E-state index in [-0.39, 0.29) is 0 Å². The zero-order valence-electron chi connectivity index (χ0n) is 13.7. The van der Waals surface area contributed by atoms with Crippen LogP contribution in [-0.2, 0) is 19.4 Å². The number of hydrogen-bond donors (Lipinski definition) is 0. The van der Waals surface area contributed by atoms with Gasteiger partial charge in [0, 0.05) is 0 Å². The van der Waals surface area contributed by atoms with Gasteiger partial charge in [-0.15, -0.1) is 0 Å². The standard InChI is InChI=1S/C13H19ClF6O4S/c1-8(2)9(13(18,19)20)4-5-11(14,10(21)24-3)25(22,23)7-6-12(15,16)17/h8-9H,4-7H2,1-3H3. The quantitative estimate of drug-likeness (QED) is 0.337. The molecule has 0 saturated carbocycles. The van der Waals surface area contributed by atoms with E-state index in [1.165, 1.54) is 13.8 Å². The Morgan fingerprint density at radius 1 is 1.08 bits per heavy atom. The zero-order valence-corrected chi connectivity index (χ0v) is 15.2. The van der Waals surface area contributed by atoms with Crippen molar-refractivity contribution in [1.82, 2.24) is 0 Å². The number of sulfone groups is 1. The van der Waals surface area contributed by atoms with Gasteiger partial charge in [0.05, 0.1) is 25.2 Å².